The molecule has 3 N–H and O–H groups in total. The molecule has 0 spiro atoms. The molecule has 0 fully saturated rings. The maximum absolute atomic E-state index is 13.4. The topological polar surface area (TPSA) is 104 Å². The lowest BCUT2D eigenvalue weighted by molar-refractivity contribution is -0.118. The van der Waals surface area contributed by atoms with Gasteiger partial charge in [0, 0.05) is 29.4 Å². The van der Waals surface area contributed by atoms with Gasteiger partial charge in [-0.25, -0.2) is 4.98 Å². The molecule has 2 heterocycles. The highest BCUT2D eigenvalue weighted by molar-refractivity contribution is 7.99. The largest absolute Gasteiger partial charge is 0.504 e. The highest BCUT2D eigenvalue weighted by Crippen LogP contribution is 2.48. The van der Waals surface area contributed by atoms with Gasteiger partial charge in [0.25, 0.3) is 5.56 Å². The number of allylic oxidation sites excluding steroid dienone is 2. The lowest BCUT2D eigenvalue weighted by atomic mass is 9.69. The minimum atomic E-state index is -0.583. The third-order valence-corrected chi connectivity index (χ3v) is 7.16. The van der Waals surface area contributed by atoms with Gasteiger partial charge in [0.15, 0.2) is 22.4 Å². The van der Waals surface area contributed by atoms with Gasteiger partial charge in [-0.15, -0.1) is 0 Å². The van der Waals surface area contributed by atoms with Crippen molar-refractivity contribution in [2.75, 3.05) is 17.7 Å². The third kappa shape index (κ3) is 4.87. The number of rotatable bonds is 7. The van der Waals surface area contributed by atoms with Gasteiger partial charge in [-0.3, -0.25) is 9.59 Å². The molecule has 1 unspecified atom stereocenters. The Labute approximate surface area is 204 Å². The van der Waals surface area contributed by atoms with E-state index in [0.29, 0.717) is 53.2 Å². The van der Waals surface area contributed by atoms with Gasteiger partial charge in [-0.05, 0) is 48.8 Å². The van der Waals surface area contributed by atoms with E-state index in [4.69, 9.17) is 9.72 Å². The Kier molecular flexibility index (Phi) is 6.80. The molecule has 1 atom stereocenters. The molecule has 1 aromatic carbocycles. The van der Waals surface area contributed by atoms with Crippen molar-refractivity contribution in [3.63, 3.8) is 0 Å². The predicted molar refractivity (Wildman–Crippen MR) is 135 cm³/mol. The molecule has 2 aliphatic rings. The van der Waals surface area contributed by atoms with E-state index in [1.54, 1.807) is 18.2 Å². The first-order valence-electron chi connectivity index (χ1n) is 11.9. The molecular weight excluding hydrogens is 450 g/mol. The Hall–Kier alpha value is -2.74. The Morgan fingerprint density at radius 2 is 2.03 bits per heavy atom. The molecule has 1 aromatic heterocycles. The van der Waals surface area contributed by atoms with Crippen LogP contribution in [-0.4, -0.2) is 33.2 Å². The summed E-state index contributed by atoms with van der Waals surface area (Å²) >= 11 is 1.53. The van der Waals surface area contributed by atoms with Crippen molar-refractivity contribution in [2.24, 2.45) is 11.3 Å². The normalized spacial score (nSPS) is 19.0. The second-order valence-corrected chi connectivity index (χ2v) is 11.3. The summed E-state index contributed by atoms with van der Waals surface area (Å²) in [6.07, 6.45) is 2.11. The summed E-state index contributed by atoms with van der Waals surface area (Å²) in [5, 5.41) is 14.1. The molecule has 0 radical (unpaired) electrons. The first-order chi connectivity index (χ1) is 16.1. The van der Waals surface area contributed by atoms with Crippen LogP contribution in [0.3, 0.4) is 0 Å². The van der Waals surface area contributed by atoms with Crippen molar-refractivity contribution in [3.8, 4) is 11.5 Å². The van der Waals surface area contributed by atoms with E-state index < -0.39 is 5.92 Å². The number of H-pyrrole nitrogens is 1. The molecule has 0 amide bonds. The van der Waals surface area contributed by atoms with Crippen molar-refractivity contribution < 1.29 is 14.6 Å². The van der Waals surface area contributed by atoms with Gasteiger partial charge in [0.05, 0.1) is 12.2 Å². The number of hydrogen-bond donors (Lipinski definition) is 3. The molecule has 0 saturated carbocycles. The van der Waals surface area contributed by atoms with Gasteiger partial charge >= 0.3 is 0 Å². The first-order valence-corrected chi connectivity index (χ1v) is 12.8. The van der Waals surface area contributed by atoms with Crippen LogP contribution in [0.25, 0.3) is 0 Å². The van der Waals surface area contributed by atoms with Gasteiger partial charge in [0.1, 0.15) is 5.82 Å². The lowest BCUT2D eigenvalue weighted by Gasteiger charge is -2.38. The molecule has 8 heteroatoms. The number of hydrogen-bond acceptors (Lipinski definition) is 7. The fourth-order valence-corrected chi connectivity index (χ4v) is 5.77. The molecule has 2 aromatic rings. The number of thioether (sulfide) groups is 1. The average Bonchev–Trinajstić information content (AvgIpc) is 2.73. The number of phenolic OH excluding ortho intramolecular Hbond substituents is 1. The second-order valence-electron chi connectivity index (χ2n) is 10.2. The molecule has 0 saturated heterocycles. The highest BCUT2D eigenvalue weighted by atomic mass is 32.2. The van der Waals surface area contributed by atoms with Gasteiger partial charge in [-0.2, -0.15) is 0 Å². The number of aromatic amines is 1. The molecule has 1 aliphatic carbocycles. The number of anilines is 1. The number of phenols is 1. The molecule has 7 nitrogen and oxygen atoms in total. The van der Waals surface area contributed by atoms with Crippen LogP contribution in [0.4, 0.5) is 5.82 Å². The Balaban J connectivity index is 1.85. The number of nitrogens with zero attached hydrogens (tertiary/aromatic N) is 1. The zero-order chi connectivity index (χ0) is 24.6. The van der Waals surface area contributed by atoms with E-state index in [-0.39, 0.29) is 22.5 Å². The van der Waals surface area contributed by atoms with E-state index in [1.807, 2.05) is 6.92 Å². The summed E-state index contributed by atoms with van der Waals surface area (Å²) in [5.41, 5.74) is 2.12. The van der Waals surface area contributed by atoms with E-state index in [9.17, 15) is 14.7 Å². The van der Waals surface area contributed by atoms with Crippen molar-refractivity contribution in [1.29, 1.82) is 0 Å². The number of aromatic hydroxyl groups is 1. The Morgan fingerprint density at radius 3 is 2.74 bits per heavy atom. The summed E-state index contributed by atoms with van der Waals surface area (Å²) in [7, 11) is 0. The van der Waals surface area contributed by atoms with Crippen molar-refractivity contribution in [1.82, 2.24) is 9.97 Å². The number of ketones is 1. The monoisotopic (exact) mass is 483 g/mol. The van der Waals surface area contributed by atoms with Crippen LogP contribution < -0.4 is 15.6 Å². The van der Waals surface area contributed by atoms with Crippen LogP contribution in [0.2, 0.25) is 0 Å². The number of fused-ring (bicyclic) bond motifs is 1. The van der Waals surface area contributed by atoms with Crippen molar-refractivity contribution in [3.05, 3.63) is 50.9 Å². The number of nitrogens with one attached hydrogen (secondary N) is 2. The Morgan fingerprint density at radius 1 is 1.26 bits per heavy atom. The number of carbonyl (C=O) groups excluding carboxylic acids is 1. The minimum Gasteiger partial charge on any atom is -0.504 e. The van der Waals surface area contributed by atoms with E-state index in [1.165, 1.54) is 11.8 Å². The smallest absolute Gasteiger partial charge is 0.257 e. The standard InChI is InChI=1S/C26H33N3O4S/c1-6-33-19-11-15(7-8-17(19)30)20-21-16(12-26(4,5)13-18(21)31)27-23-22(20)24(32)29-25(28-23)34-10-9-14(2)3/h7-8,11,14,20,30H,6,9-10,12-13H2,1-5H3,(H2,27,28,29,32). The van der Waals surface area contributed by atoms with Crippen LogP contribution in [0.15, 0.2) is 39.4 Å². The van der Waals surface area contributed by atoms with E-state index >= 15 is 0 Å². The maximum Gasteiger partial charge on any atom is 0.257 e. The van der Waals surface area contributed by atoms with Crippen molar-refractivity contribution in [2.45, 2.75) is 65.0 Å². The summed E-state index contributed by atoms with van der Waals surface area (Å²) in [6.45, 7) is 10.7. The quantitative estimate of drug-likeness (QED) is 0.367. The Bertz CT molecular complexity index is 1200. The summed E-state index contributed by atoms with van der Waals surface area (Å²) in [4.78, 5) is 34.5. The zero-order valence-corrected chi connectivity index (χ0v) is 21.3. The van der Waals surface area contributed by atoms with Crippen LogP contribution in [0.1, 0.15) is 70.9 Å². The van der Waals surface area contributed by atoms with Gasteiger partial charge < -0.3 is 20.1 Å². The molecule has 1 aliphatic heterocycles. The van der Waals surface area contributed by atoms with Crippen LogP contribution in [0, 0.1) is 11.3 Å². The van der Waals surface area contributed by atoms with Crippen molar-refractivity contribution >= 4 is 23.4 Å². The van der Waals surface area contributed by atoms with Crippen LogP contribution >= 0.6 is 11.8 Å². The summed E-state index contributed by atoms with van der Waals surface area (Å²) < 4.78 is 5.59. The highest BCUT2D eigenvalue weighted by Gasteiger charge is 2.42. The average molecular weight is 484 g/mol. The maximum atomic E-state index is 13.4. The fourth-order valence-electron chi connectivity index (χ4n) is 4.67. The zero-order valence-electron chi connectivity index (χ0n) is 20.4. The van der Waals surface area contributed by atoms with E-state index in [2.05, 4.69) is 38.0 Å². The number of benzene rings is 1. The molecule has 4 rings (SSSR count). The second kappa shape index (κ2) is 9.49. The number of ether oxygens (including phenoxy) is 1. The number of aromatic nitrogens is 2. The molecule has 0 bridgehead atoms. The summed E-state index contributed by atoms with van der Waals surface area (Å²) in [6, 6.07) is 5.03. The third-order valence-electron chi connectivity index (χ3n) is 6.25. The number of Topliss-reactive ketones (excluding diaryl/α,β-unsaturated/α-hetero) is 1. The molecule has 182 valence electrons. The van der Waals surface area contributed by atoms with Crippen LogP contribution in [0.5, 0.6) is 11.5 Å². The molecular formula is C26H33N3O4S. The van der Waals surface area contributed by atoms with Gasteiger partial charge in [0.2, 0.25) is 0 Å². The minimum absolute atomic E-state index is 0.0222. The SMILES string of the molecule is CCOc1cc(C2C3=C(CC(C)(C)CC3=O)Nc3nc(SCCC(C)C)[nH]c(=O)c32)ccc1O. The number of carbonyl (C=O) groups is 1. The van der Waals surface area contributed by atoms with Crippen LogP contribution in [-0.2, 0) is 4.79 Å². The summed E-state index contributed by atoms with van der Waals surface area (Å²) in [5.74, 6) is 1.71. The first kappa shape index (κ1) is 24.4. The lowest BCUT2D eigenvalue weighted by Crippen LogP contribution is -2.37. The fraction of sp³-hybridized carbons (Fsp3) is 0.500. The van der Waals surface area contributed by atoms with Gasteiger partial charge in [-0.1, -0.05) is 45.5 Å². The molecule has 34 heavy (non-hydrogen) atoms. The van der Waals surface area contributed by atoms with E-state index in [0.717, 1.165) is 23.4 Å². The predicted octanol–water partition coefficient (Wildman–Crippen LogP) is 5.21.